The van der Waals surface area contributed by atoms with Crippen LogP contribution in [0.4, 0.5) is 5.69 Å². The number of thioether (sulfide) groups is 1. The van der Waals surface area contributed by atoms with Gasteiger partial charge in [-0.05, 0) is 84.0 Å². The largest absolute Gasteiger partial charge is 0.324 e. The van der Waals surface area contributed by atoms with Crippen molar-refractivity contribution in [3.8, 4) is 5.69 Å². The fraction of sp³-hybridized carbons (Fsp3) is 0.125. The Hall–Kier alpha value is -2.65. The zero-order chi connectivity index (χ0) is 22.0. The normalized spacial score (nSPS) is 10.9. The van der Waals surface area contributed by atoms with E-state index in [2.05, 4.69) is 27.9 Å². The van der Waals surface area contributed by atoms with Gasteiger partial charge in [0.2, 0.25) is 5.91 Å². The summed E-state index contributed by atoms with van der Waals surface area (Å²) < 4.78 is 2.56. The molecule has 3 aromatic carbocycles. The highest BCUT2D eigenvalue weighted by atomic mass is 127. The molecule has 0 saturated carbocycles. The molecule has 1 aromatic heterocycles. The third-order valence-corrected chi connectivity index (χ3v) is 6.85. The topological polar surface area (TPSA) is 64.0 Å². The first-order valence-electron chi connectivity index (χ1n) is 9.70. The third kappa shape index (κ3) is 4.67. The maximum Gasteiger partial charge on any atom is 0.266 e. The Labute approximate surface area is 198 Å². The summed E-state index contributed by atoms with van der Waals surface area (Å²) in [5, 5.41) is 3.97. The minimum atomic E-state index is -0.150. The molecule has 0 unspecified atom stereocenters. The van der Waals surface area contributed by atoms with Crippen molar-refractivity contribution in [1.82, 2.24) is 9.55 Å². The van der Waals surface area contributed by atoms with Crippen LogP contribution >= 0.6 is 34.4 Å². The van der Waals surface area contributed by atoms with Crippen LogP contribution in [-0.4, -0.2) is 21.2 Å². The van der Waals surface area contributed by atoms with Crippen molar-refractivity contribution in [2.24, 2.45) is 0 Å². The van der Waals surface area contributed by atoms with Gasteiger partial charge in [0, 0.05) is 3.57 Å². The zero-order valence-electron chi connectivity index (χ0n) is 17.1. The second kappa shape index (κ2) is 9.23. The number of amides is 1. The average molecular weight is 541 g/mol. The van der Waals surface area contributed by atoms with Gasteiger partial charge in [0.25, 0.3) is 5.56 Å². The van der Waals surface area contributed by atoms with Crippen LogP contribution in [0.15, 0.2) is 76.7 Å². The number of carbonyl (C=O) groups is 1. The van der Waals surface area contributed by atoms with Gasteiger partial charge in [0.1, 0.15) is 0 Å². The van der Waals surface area contributed by atoms with Gasteiger partial charge in [-0.1, -0.05) is 42.1 Å². The van der Waals surface area contributed by atoms with Crippen molar-refractivity contribution in [3.63, 3.8) is 0 Å². The van der Waals surface area contributed by atoms with Gasteiger partial charge < -0.3 is 5.32 Å². The van der Waals surface area contributed by atoms with Crippen LogP contribution in [0.5, 0.6) is 0 Å². The molecule has 0 aliphatic rings. The maximum atomic E-state index is 13.3. The molecule has 0 saturated heterocycles. The first-order chi connectivity index (χ1) is 14.9. The van der Waals surface area contributed by atoms with Crippen molar-refractivity contribution in [2.45, 2.75) is 19.0 Å². The minimum absolute atomic E-state index is 0.139. The van der Waals surface area contributed by atoms with Crippen LogP contribution in [0.25, 0.3) is 16.6 Å². The summed E-state index contributed by atoms with van der Waals surface area (Å²) in [6.45, 7) is 4.05. The van der Waals surface area contributed by atoms with Crippen LogP contribution in [0, 0.1) is 17.4 Å². The Kier molecular flexibility index (Phi) is 6.43. The van der Waals surface area contributed by atoms with Crippen molar-refractivity contribution < 1.29 is 4.79 Å². The van der Waals surface area contributed by atoms with Crippen LogP contribution in [-0.2, 0) is 4.79 Å². The number of hydrogen-bond acceptors (Lipinski definition) is 4. The van der Waals surface area contributed by atoms with Gasteiger partial charge in [-0.2, -0.15) is 0 Å². The van der Waals surface area contributed by atoms with Gasteiger partial charge in [-0.15, -0.1) is 0 Å². The molecule has 1 heterocycles. The molecule has 0 atom stereocenters. The van der Waals surface area contributed by atoms with Gasteiger partial charge in [0.05, 0.1) is 28.0 Å². The van der Waals surface area contributed by atoms with Gasteiger partial charge in [-0.3, -0.25) is 14.2 Å². The number of benzene rings is 3. The monoisotopic (exact) mass is 541 g/mol. The summed E-state index contributed by atoms with van der Waals surface area (Å²) in [7, 11) is 0. The number of aryl methyl sites for hydroxylation is 2. The molecule has 7 heteroatoms. The number of halogens is 1. The SMILES string of the molecule is Cc1ccc(-n2c(SCC(=O)Nc3ccccc3I)nc3ccccc3c2=O)cc1C. The fourth-order valence-corrected chi connectivity index (χ4v) is 4.52. The van der Waals surface area contributed by atoms with E-state index in [0.29, 0.717) is 16.1 Å². The summed E-state index contributed by atoms with van der Waals surface area (Å²) in [5.41, 5.74) is 4.22. The summed E-state index contributed by atoms with van der Waals surface area (Å²) in [4.78, 5) is 30.6. The first-order valence-corrected chi connectivity index (χ1v) is 11.8. The van der Waals surface area contributed by atoms with Gasteiger partial charge in [0.15, 0.2) is 5.16 Å². The highest BCUT2D eigenvalue weighted by Crippen LogP contribution is 2.23. The summed E-state index contributed by atoms with van der Waals surface area (Å²) in [6.07, 6.45) is 0. The molecule has 0 bridgehead atoms. The smallest absolute Gasteiger partial charge is 0.266 e. The van der Waals surface area contributed by atoms with E-state index in [1.54, 1.807) is 10.6 Å². The van der Waals surface area contributed by atoms with E-state index in [1.807, 2.05) is 74.5 Å². The Balaban J connectivity index is 1.70. The van der Waals surface area contributed by atoms with Crippen LogP contribution in [0.1, 0.15) is 11.1 Å². The van der Waals surface area contributed by atoms with Crippen LogP contribution < -0.4 is 10.9 Å². The average Bonchev–Trinajstić information content (AvgIpc) is 2.76. The molecule has 1 N–H and O–H groups in total. The van der Waals surface area contributed by atoms with E-state index < -0.39 is 0 Å². The number of rotatable bonds is 5. The molecular formula is C24H20IN3O2S. The van der Waals surface area contributed by atoms with Crippen LogP contribution in [0.3, 0.4) is 0 Å². The number of carbonyl (C=O) groups excluding carboxylic acids is 1. The number of para-hydroxylation sites is 2. The van der Waals surface area contributed by atoms with Gasteiger partial charge in [-0.25, -0.2) is 4.98 Å². The van der Waals surface area contributed by atoms with Crippen molar-refractivity contribution in [3.05, 3.63) is 91.8 Å². The molecule has 1 amide bonds. The lowest BCUT2D eigenvalue weighted by atomic mass is 10.1. The molecule has 4 rings (SSSR count). The molecule has 31 heavy (non-hydrogen) atoms. The lowest BCUT2D eigenvalue weighted by molar-refractivity contribution is -0.113. The number of hydrogen-bond donors (Lipinski definition) is 1. The van der Waals surface area contributed by atoms with E-state index in [-0.39, 0.29) is 17.2 Å². The van der Waals surface area contributed by atoms with Crippen molar-refractivity contribution >= 4 is 56.9 Å². The highest BCUT2D eigenvalue weighted by molar-refractivity contribution is 14.1. The Morgan fingerprint density at radius 1 is 1.03 bits per heavy atom. The number of nitrogens with one attached hydrogen (secondary N) is 1. The Morgan fingerprint density at radius 3 is 2.55 bits per heavy atom. The van der Waals surface area contributed by atoms with Crippen LogP contribution in [0.2, 0.25) is 0 Å². The summed E-state index contributed by atoms with van der Waals surface area (Å²) >= 11 is 3.44. The van der Waals surface area contributed by atoms with Gasteiger partial charge >= 0.3 is 0 Å². The molecule has 5 nitrogen and oxygen atoms in total. The summed E-state index contributed by atoms with van der Waals surface area (Å²) in [5.74, 6) is -0.0104. The zero-order valence-corrected chi connectivity index (χ0v) is 20.0. The van der Waals surface area contributed by atoms with Crippen molar-refractivity contribution in [1.29, 1.82) is 0 Å². The Bertz CT molecular complexity index is 1350. The van der Waals surface area contributed by atoms with E-state index in [9.17, 15) is 9.59 Å². The molecule has 0 aliphatic carbocycles. The van der Waals surface area contributed by atoms with E-state index >= 15 is 0 Å². The number of nitrogens with zero attached hydrogens (tertiary/aromatic N) is 2. The predicted molar refractivity (Wildman–Crippen MR) is 135 cm³/mol. The maximum absolute atomic E-state index is 13.3. The standard InChI is InChI=1S/C24H20IN3O2S/c1-15-11-12-17(13-16(15)2)28-23(30)18-7-3-5-9-20(18)27-24(28)31-14-22(29)26-21-10-6-4-8-19(21)25/h3-13H,14H2,1-2H3,(H,26,29). The lowest BCUT2D eigenvalue weighted by Gasteiger charge is -2.14. The summed E-state index contributed by atoms with van der Waals surface area (Å²) in [6, 6.07) is 20.8. The van der Waals surface area contributed by atoms with Crippen molar-refractivity contribution in [2.75, 3.05) is 11.1 Å². The predicted octanol–water partition coefficient (Wildman–Crippen LogP) is 5.34. The fourth-order valence-electron chi connectivity index (χ4n) is 3.18. The lowest BCUT2D eigenvalue weighted by Crippen LogP contribution is -2.23. The highest BCUT2D eigenvalue weighted by Gasteiger charge is 2.15. The second-order valence-corrected chi connectivity index (χ2v) is 9.24. The first kappa shape index (κ1) is 21.6. The van der Waals surface area contributed by atoms with E-state index in [1.165, 1.54) is 11.8 Å². The molecule has 0 radical (unpaired) electrons. The van der Waals surface area contributed by atoms with E-state index in [0.717, 1.165) is 26.1 Å². The molecule has 0 fully saturated rings. The van der Waals surface area contributed by atoms with E-state index in [4.69, 9.17) is 4.98 Å². The quantitative estimate of drug-likeness (QED) is 0.211. The number of aromatic nitrogens is 2. The molecule has 0 aliphatic heterocycles. The molecule has 0 spiro atoms. The number of fused-ring (bicyclic) bond motifs is 1. The number of anilines is 1. The third-order valence-electron chi connectivity index (χ3n) is 4.97. The minimum Gasteiger partial charge on any atom is -0.324 e. The second-order valence-electron chi connectivity index (χ2n) is 7.14. The molecule has 156 valence electrons. The Morgan fingerprint density at radius 2 is 1.77 bits per heavy atom. The molecular weight excluding hydrogens is 521 g/mol. The molecule has 4 aromatic rings.